The zero-order chi connectivity index (χ0) is 22.9. The number of Topliss-reactive ketones (excluding diaryl/α,β-unsaturated/α-hetero) is 2. The molecule has 3 aliphatic rings. The lowest BCUT2D eigenvalue weighted by molar-refractivity contribution is -0.117. The van der Waals surface area contributed by atoms with Crippen LogP contribution in [0.2, 0.25) is 0 Å². The first-order chi connectivity index (χ1) is 16.1. The number of carbonyl (C=O) groups is 2. The number of ketones is 2. The van der Waals surface area contributed by atoms with Gasteiger partial charge in [-0.1, -0.05) is 30.3 Å². The number of hydrogen-bond acceptors (Lipinski definition) is 5. The average Bonchev–Trinajstić information content (AvgIpc) is 2.82. The van der Waals surface area contributed by atoms with E-state index in [-0.39, 0.29) is 11.6 Å². The standard InChI is InChI=1S/C27H25BrO5/c1-31-23-14-17(13-18(28)27(23)32-15-16-7-3-2-4-8-16)24-25-19(29)9-5-11-21(25)33-22-12-6-10-20(30)26(22)24/h2-4,7-8,13-14,24H,5-6,9-12,15H2,1H3. The number of carbonyl (C=O) groups excluding carboxylic acids is 2. The van der Waals surface area contributed by atoms with Crippen molar-refractivity contribution < 1.29 is 23.8 Å². The molecule has 0 unspecified atom stereocenters. The molecule has 2 aromatic rings. The van der Waals surface area contributed by atoms with E-state index in [1.54, 1.807) is 7.11 Å². The molecule has 0 aromatic heterocycles. The summed E-state index contributed by atoms with van der Waals surface area (Å²) in [6.07, 6.45) is 3.96. The van der Waals surface area contributed by atoms with Crippen LogP contribution in [-0.4, -0.2) is 18.7 Å². The van der Waals surface area contributed by atoms with Gasteiger partial charge in [0, 0.05) is 42.7 Å². The van der Waals surface area contributed by atoms with E-state index in [2.05, 4.69) is 15.9 Å². The zero-order valence-electron chi connectivity index (χ0n) is 18.5. The molecule has 0 fully saturated rings. The van der Waals surface area contributed by atoms with Gasteiger partial charge in [0.05, 0.1) is 11.6 Å². The van der Waals surface area contributed by atoms with E-state index >= 15 is 0 Å². The predicted molar refractivity (Wildman–Crippen MR) is 127 cm³/mol. The lowest BCUT2D eigenvalue weighted by atomic mass is 9.73. The summed E-state index contributed by atoms with van der Waals surface area (Å²) in [7, 11) is 1.60. The van der Waals surface area contributed by atoms with E-state index < -0.39 is 5.92 Å². The number of benzene rings is 2. The Labute approximate surface area is 201 Å². The van der Waals surface area contributed by atoms with Crippen molar-refractivity contribution >= 4 is 27.5 Å². The number of hydrogen-bond donors (Lipinski definition) is 0. The van der Waals surface area contributed by atoms with Gasteiger partial charge < -0.3 is 14.2 Å². The second-order valence-corrected chi connectivity index (χ2v) is 9.42. The molecule has 0 N–H and O–H groups in total. The summed E-state index contributed by atoms with van der Waals surface area (Å²) in [4.78, 5) is 26.0. The first-order valence-corrected chi connectivity index (χ1v) is 12.1. The van der Waals surface area contributed by atoms with Crippen molar-refractivity contribution in [3.05, 3.63) is 80.7 Å². The molecule has 0 radical (unpaired) electrons. The normalized spacial score (nSPS) is 18.6. The van der Waals surface area contributed by atoms with Gasteiger partial charge >= 0.3 is 0 Å². The smallest absolute Gasteiger partial charge is 0.175 e. The molecule has 170 valence electrons. The minimum absolute atomic E-state index is 0.0608. The average molecular weight is 509 g/mol. The molecule has 0 saturated carbocycles. The second-order valence-electron chi connectivity index (χ2n) is 8.57. The van der Waals surface area contributed by atoms with Gasteiger partial charge in [-0.3, -0.25) is 9.59 Å². The van der Waals surface area contributed by atoms with Gasteiger partial charge in [0.1, 0.15) is 18.1 Å². The second kappa shape index (κ2) is 9.18. The minimum Gasteiger partial charge on any atom is -0.493 e. The Hall–Kier alpha value is -2.86. The Morgan fingerprint density at radius 2 is 1.58 bits per heavy atom. The molecule has 6 heteroatoms. The van der Waals surface area contributed by atoms with Crippen LogP contribution in [0.25, 0.3) is 0 Å². The molecule has 1 aliphatic heterocycles. The summed E-state index contributed by atoms with van der Waals surface area (Å²) in [5, 5.41) is 0. The van der Waals surface area contributed by atoms with Crippen molar-refractivity contribution in [3.63, 3.8) is 0 Å². The quantitative estimate of drug-likeness (QED) is 0.483. The molecule has 5 rings (SSSR count). The third-order valence-electron chi connectivity index (χ3n) is 6.45. The maximum atomic E-state index is 13.0. The number of ether oxygens (including phenoxy) is 3. The molecule has 2 aliphatic carbocycles. The van der Waals surface area contributed by atoms with Gasteiger partial charge in [-0.2, -0.15) is 0 Å². The predicted octanol–water partition coefficient (Wildman–Crippen LogP) is 6.16. The van der Waals surface area contributed by atoms with Crippen LogP contribution < -0.4 is 9.47 Å². The highest BCUT2D eigenvalue weighted by atomic mass is 79.9. The Balaban J connectivity index is 1.57. The maximum Gasteiger partial charge on any atom is 0.175 e. The summed E-state index contributed by atoms with van der Waals surface area (Å²) >= 11 is 3.65. The Bertz CT molecular complexity index is 1140. The molecule has 2 aromatic carbocycles. The summed E-state index contributed by atoms with van der Waals surface area (Å²) in [5.41, 5.74) is 3.13. The van der Waals surface area contributed by atoms with Crippen molar-refractivity contribution in [3.8, 4) is 11.5 Å². The fraction of sp³-hybridized carbons (Fsp3) is 0.333. The van der Waals surface area contributed by atoms with E-state index in [4.69, 9.17) is 14.2 Å². The summed E-state index contributed by atoms with van der Waals surface area (Å²) in [6, 6.07) is 13.7. The van der Waals surface area contributed by atoms with Gasteiger partial charge in [0.25, 0.3) is 0 Å². The number of allylic oxidation sites excluding steroid dienone is 4. The topological polar surface area (TPSA) is 61.8 Å². The Morgan fingerprint density at radius 1 is 0.939 bits per heavy atom. The fourth-order valence-electron chi connectivity index (χ4n) is 4.93. The van der Waals surface area contributed by atoms with Gasteiger partial charge in [0.15, 0.2) is 23.1 Å². The van der Waals surface area contributed by atoms with E-state index in [1.165, 1.54) is 0 Å². The van der Waals surface area contributed by atoms with E-state index in [0.29, 0.717) is 42.1 Å². The van der Waals surface area contributed by atoms with Crippen LogP contribution >= 0.6 is 15.9 Å². The monoisotopic (exact) mass is 508 g/mol. The van der Waals surface area contributed by atoms with Crippen LogP contribution in [0, 0.1) is 0 Å². The van der Waals surface area contributed by atoms with Crippen LogP contribution in [0.1, 0.15) is 55.6 Å². The third kappa shape index (κ3) is 4.12. The molecule has 0 atom stereocenters. The molecular weight excluding hydrogens is 484 g/mol. The highest BCUT2D eigenvalue weighted by Gasteiger charge is 2.42. The van der Waals surface area contributed by atoms with Gasteiger partial charge in [0.2, 0.25) is 0 Å². The number of halogens is 1. The highest BCUT2D eigenvalue weighted by molar-refractivity contribution is 9.10. The van der Waals surface area contributed by atoms with Crippen molar-refractivity contribution in [1.82, 2.24) is 0 Å². The van der Waals surface area contributed by atoms with Crippen molar-refractivity contribution in [2.75, 3.05) is 7.11 Å². The van der Waals surface area contributed by atoms with Gasteiger partial charge in [-0.05, 0) is 52.0 Å². The number of methoxy groups -OCH3 is 1. The zero-order valence-corrected chi connectivity index (χ0v) is 20.1. The van der Waals surface area contributed by atoms with Crippen LogP contribution in [0.3, 0.4) is 0 Å². The molecule has 33 heavy (non-hydrogen) atoms. The molecule has 1 heterocycles. The highest BCUT2D eigenvalue weighted by Crippen LogP contribution is 2.50. The first kappa shape index (κ1) is 22.0. The molecule has 5 nitrogen and oxygen atoms in total. The Kier molecular flexibility index (Phi) is 6.11. The van der Waals surface area contributed by atoms with Crippen molar-refractivity contribution in [2.45, 2.75) is 51.0 Å². The summed E-state index contributed by atoms with van der Waals surface area (Å²) in [5.74, 6) is 2.28. The van der Waals surface area contributed by atoms with Gasteiger partial charge in [-0.15, -0.1) is 0 Å². The van der Waals surface area contributed by atoms with Crippen LogP contribution in [0.15, 0.2) is 69.6 Å². The van der Waals surface area contributed by atoms with E-state index in [0.717, 1.165) is 52.8 Å². The molecular formula is C27H25BrO5. The van der Waals surface area contributed by atoms with Crippen LogP contribution in [0.4, 0.5) is 0 Å². The SMILES string of the molecule is COc1cc(C2C3=C(CCCC3=O)OC3=C2C(=O)CCC3)cc(Br)c1OCc1ccccc1. The van der Waals surface area contributed by atoms with Crippen LogP contribution in [-0.2, 0) is 20.9 Å². The van der Waals surface area contributed by atoms with Crippen molar-refractivity contribution in [2.24, 2.45) is 0 Å². The molecule has 0 spiro atoms. The first-order valence-electron chi connectivity index (χ1n) is 11.3. The largest absolute Gasteiger partial charge is 0.493 e. The molecule has 0 amide bonds. The fourth-order valence-corrected chi connectivity index (χ4v) is 5.50. The number of rotatable bonds is 5. The maximum absolute atomic E-state index is 13.0. The third-order valence-corrected chi connectivity index (χ3v) is 7.04. The van der Waals surface area contributed by atoms with Crippen molar-refractivity contribution in [1.29, 1.82) is 0 Å². The lowest BCUT2D eigenvalue weighted by Gasteiger charge is -2.36. The minimum atomic E-state index is -0.433. The molecule has 0 saturated heterocycles. The summed E-state index contributed by atoms with van der Waals surface area (Å²) in [6.45, 7) is 0.397. The lowest BCUT2D eigenvalue weighted by Crippen LogP contribution is -2.30. The van der Waals surface area contributed by atoms with Crippen LogP contribution in [0.5, 0.6) is 11.5 Å². The van der Waals surface area contributed by atoms with E-state index in [1.807, 2.05) is 42.5 Å². The summed E-state index contributed by atoms with van der Waals surface area (Å²) < 4.78 is 18.6. The van der Waals surface area contributed by atoms with Gasteiger partial charge in [-0.25, -0.2) is 0 Å². The van der Waals surface area contributed by atoms with E-state index in [9.17, 15) is 9.59 Å². The molecule has 0 bridgehead atoms. The Morgan fingerprint density at radius 3 is 2.18 bits per heavy atom.